The maximum atomic E-state index is 12.7. The molecule has 7 nitrogen and oxygen atoms in total. The molecule has 1 aromatic carbocycles. The largest absolute Gasteiger partial charge is 0.495 e. The number of ether oxygens (including phenoxy) is 2. The lowest BCUT2D eigenvalue weighted by Crippen LogP contribution is -2.48. The number of methoxy groups -OCH3 is 1. The first-order valence-electron chi connectivity index (χ1n) is 7.34. The van der Waals surface area contributed by atoms with Crippen molar-refractivity contribution in [2.24, 2.45) is 0 Å². The number of amides is 1. The van der Waals surface area contributed by atoms with Gasteiger partial charge in [0, 0.05) is 18.7 Å². The van der Waals surface area contributed by atoms with E-state index in [9.17, 15) is 13.2 Å². The molecular weight excluding hydrogens is 320 g/mol. The molecule has 0 radical (unpaired) electrons. The SMILES string of the molecule is CNS(=O)(=O)c1cc(C(=O)N2C[C@@H](C)O[C@@H](C)C2)ccc1OC. The Morgan fingerprint density at radius 3 is 2.43 bits per heavy atom. The van der Waals surface area contributed by atoms with E-state index < -0.39 is 10.0 Å². The molecule has 0 aliphatic carbocycles. The van der Waals surface area contributed by atoms with Crippen LogP contribution in [0.2, 0.25) is 0 Å². The summed E-state index contributed by atoms with van der Waals surface area (Å²) in [5.74, 6) is -0.0261. The highest BCUT2D eigenvalue weighted by Crippen LogP contribution is 2.26. The van der Waals surface area contributed by atoms with Crippen molar-refractivity contribution in [3.63, 3.8) is 0 Å². The number of hydrogen-bond donors (Lipinski definition) is 1. The maximum Gasteiger partial charge on any atom is 0.254 e. The van der Waals surface area contributed by atoms with Crippen molar-refractivity contribution in [1.29, 1.82) is 0 Å². The lowest BCUT2D eigenvalue weighted by molar-refractivity contribution is -0.0586. The van der Waals surface area contributed by atoms with Crippen LogP contribution in [0.5, 0.6) is 5.75 Å². The van der Waals surface area contributed by atoms with Crippen LogP contribution in [0.1, 0.15) is 24.2 Å². The second kappa shape index (κ2) is 6.86. The number of morpholine rings is 1. The summed E-state index contributed by atoms with van der Waals surface area (Å²) in [5, 5.41) is 0. The highest BCUT2D eigenvalue weighted by atomic mass is 32.2. The second-order valence-electron chi connectivity index (χ2n) is 5.54. The van der Waals surface area contributed by atoms with Gasteiger partial charge in [0.15, 0.2) is 0 Å². The van der Waals surface area contributed by atoms with Gasteiger partial charge < -0.3 is 14.4 Å². The minimum atomic E-state index is -3.72. The van der Waals surface area contributed by atoms with Gasteiger partial charge in [-0.2, -0.15) is 0 Å². The molecule has 0 unspecified atom stereocenters. The lowest BCUT2D eigenvalue weighted by atomic mass is 10.1. The molecule has 1 aromatic rings. The predicted octanol–water partition coefficient (Wildman–Crippen LogP) is 0.853. The van der Waals surface area contributed by atoms with Crippen LogP contribution < -0.4 is 9.46 Å². The van der Waals surface area contributed by atoms with E-state index in [0.717, 1.165) is 0 Å². The number of carbonyl (C=O) groups is 1. The number of rotatable bonds is 4. The quantitative estimate of drug-likeness (QED) is 0.877. The van der Waals surface area contributed by atoms with Crippen LogP contribution in [0.25, 0.3) is 0 Å². The van der Waals surface area contributed by atoms with Crippen LogP contribution in [0.3, 0.4) is 0 Å². The topological polar surface area (TPSA) is 84.9 Å². The van der Waals surface area contributed by atoms with Crippen molar-refractivity contribution in [3.8, 4) is 5.75 Å². The Kier molecular flexibility index (Phi) is 5.28. The number of benzene rings is 1. The van der Waals surface area contributed by atoms with E-state index in [1.54, 1.807) is 11.0 Å². The Morgan fingerprint density at radius 2 is 1.91 bits per heavy atom. The number of sulfonamides is 1. The maximum absolute atomic E-state index is 12.7. The number of hydrogen-bond acceptors (Lipinski definition) is 5. The molecule has 2 atom stereocenters. The average Bonchev–Trinajstić information content (AvgIpc) is 2.52. The third-order valence-electron chi connectivity index (χ3n) is 3.68. The van der Waals surface area contributed by atoms with Gasteiger partial charge in [-0.1, -0.05) is 0 Å². The summed E-state index contributed by atoms with van der Waals surface area (Å²) in [7, 11) is -1.02. The van der Waals surface area contributed by atoms with Gasteiger partial charge >= 0.3 is 0 Å². The Morgan fingerprint density at radius 1 is 1.30 bits per heavy atom. The summed E-state index contributed by atoms with van der Waals surface area (Å²) in [4.78, 5) is 14.3. The Balaban J connectivity index is 2.36. The monoisotopic (exact) mass is 342 g/mol. The first kappa shape index (κ1) is 17.7. The van der Waals surface area contributed by atoms with Gasteiger partial charge in [-0.15, -0.1) is 0 Å². The normalized spacial score (nSPS) is 22.0. The molecule has 0 spiro atoms. The molecule has 0 bridgehead atoms. The fraction of sp³-hybridized carbons (Fsp3) is 0.533. The van der Waals surface area contributed by atoms with Gasteiger partial charge in [0.2, 0.25) is 10.0 Å². The van der Waals surface area contributed by atoms with Crippen LogP contribution in [0.15, 0.2) is 23.1 Å². The molecule has 0 aromatic heterocycles. The van der Waals surface area contributed by atoms with Crippen LogP contribution in [-0.2, 0) is 14.8 Å². The molecule has 1 heterocycles. The van der Waals surface area contributed by atoms with Crippen molar-refractivity contribution < 1.29 is 22.7 Å². The Bertz CT molecular complexity index is 679. The van der Waals surface area contributed by atoms with Gasteiger partial charge in [0.1, 0.15) is 10.6 Å². The minimum Gasteiger partial charge on any atom is -0.495 e. The van der Waals surface area contributed by atoms with Gasteiger partial charge in [0.25, 0.3) is 5.91 Å². The summed E-state index contributed by atoms with van der Waals surface area (Å²) >= 11 is 0. The summed E-state index contributed by atoms with van der Waals surface area (Å²) in [6.45, 7) is 4.76. The Labute approximate surface area is 136 Å². The van der Waals surface area contributed by atoms with E-state index >= 15 is 0 Å². The number of nitrogens with zero attached hydrogens (tertiary/aromatic N) is 1. The smallest absolute Gasteiger partial charge is 0.254 e. The lowest BCUT2D eigenvalue weighted by Gasteiger charge is -2.35. The summed E-state index contributed by atoms with van der Waals surface area (Å²) in [6, 6.07) is 4.41. The zero-order chi connectivity index (χ0) is 17.2. The van der Waals surface area contributed by atoms with Gasteiger partial charge in [-0.25, -0.2) is 13.1 Å². The van der Waals surface area contributed by atoms with E-state index in [2.05, 4.69) is 4.72 Å². The molecule has 1 saturated heterocycles. The molecule has 2 rings (SSSR count). The van der Waals surface area contributed by atoms with Crippen LogP contribution in [0.4, 0.5) is 0 Å². The van der Waals surface area contributed by atoms with E-state index in [-0.39, 0.29) is 28.8 Å². The van der Waals surface area contributed by atoms with Crippen molar-refractivity contribution in [1.82, 2.24) is 9.62 Å². The van der Waals surface area contributed by atoms with E-state index in [1.165, 1.54) is 26.3 Å². The highest BCUT2D eigenvalue weighted by Gasteiger charge is 2.28. The molecule has 1 aliphatic heterocycles. The number of nitrogens with one attached hydrogen (secondary N) is 1. The molecule has 1 N–H and O–H groups in total. The van der Waals surface area contributed by atoms with Crippen molar-refractivity contribution >= 4 is 15.9 Å². The van der Waals surface area contributed by atoms with Crippen LogP contribution in [-0.4, -0.2) is 58.7 Å². The fourth-order valence-corrected chi connectivity index (χ4v) is 3.57. The van der Waals surface area contributed by atoms with E-state index in [4.69, 9.17) is 9.47 Å². The van der Waals surface area contributed by atoms with Gasteiger partial charge in [-0.05, 0) is 39.1 Å². The van der Waals surface area contributed by atoms with Gasteiger partial charge in [-0.3, -0.25) is 4.79 Å². The summed E-state index contributed by atoms with van der Waals surface area (Å²) in [5.41, 5.74) is 0.306. The van der Waals surface area contributed by atoms with E-state index in [0.29, 0.717) is 18.7 Å². The molecule has 1 fully saturated rings. The standard InChI is InChI=1S/C15H22N2O5S/c1-10-8-17(9-11(2)22-10)15(18)12-5-6-13(21-4)14(7-12)23(19,20)16-3/h5-7,10-11,16H,8-9H2,1-4H3/t10-,11+. The molecule has 1 amide bonds. The molecule has 128 valence electrons. The summed E-state index contributed by atoms with van der Waals surface area (Å²) in [6.07, 6.45) is -0.108. The minimum absolute atomic E-state index is 0.0530. The van der Waals surface area contributed by atoms with E-state index in [1.807, 2.05) is 13.8 Å². The molecule has 23 heavy (non-hydrogen) atoms. The number of carbonyl (C=O) groups excluding carboxylic acids is 1. The van der Waals surface area contributed by atoms with Crippen molar-refractivity contribution in [3.05, 3.63) is 23.8 Å². The molecule has 0 saturated carbocycles. The van der Waals surface area contributed by atoms with Crippen molar-refractivity contribution in [2.45, 2.75) is 31.0 Å². The zero-order valence-corrected chi connectivity index (χ0v) is 14.5. The third kappa shape index (κ3) is 3.82. The first-order valence-corrected chi connectivity index (χ1v) is 8.83. The van der Waals surface area contributed by atoms with Crippen LogP contribution in [0, 0.1) is 0 Å². The van der Waals surface area contributed by atoms with Crippen molar-refractivity contribution in [2.75, 3.05) is 27.2 Å². The van der Waals surface area contributed by atoms with Crippen LogP contribution >= 0.6 is 0 Å². The summed E-state index contributed by atoms with van der Waals surface area (Å²) < 4.78 is 37.1. The van der Waals surface area contributed by atoms with Gasteiger partial charge in [0.05, 0.1) is 19.3 Å². The second-order valence-corrected chi connectivity index (χ2v) is 7.40. The fourth-order valence-electron chi connectivity index (χ4n) is 2.66. The average molecular weight is 342 g/mol. The first-order chi connectivity index (χ1) is 10.8. The Hall–Kier alpha value is -1.64. The zero-order valence-electron chi connectivity index (χ0n) is 13.7. The molecular formula is C15H22N2O5S. The highest BCUT2D eigenvalue weighted by molar-refractivity contribution is 7.89. The predicted molar refractivity (Wildman–Crippen MR) is 85.2 cm³/mol. The molecule has 8 heteroatoms. The third-order valence-corrected chi connectivity index (χ3v) is 5.11. The molecule has 1 aliphatic rings.